The Bertz CT molecular complexity index is 6160. The Morgan fingerprint density at radius 2 is 0.754 bits per heavy atom. The van der Waals surface area contributed by atoms with E-state index in [1.807, 2.05) is 82.6 Å². The van der Waals surface area contributed by atoms with Crippen molar-refractivity contribution >= 4 is 149 Å². The number of halogens is 9. The number of methoxy groups -OCH3 is 2. The molecule has 16 nitrogen and oxygen atoms in total. The van der Waals surface area contributed by atoms with Crippen molar-refractivity contribution in [2.24, 2.45) is 0 Å². The van der Waals surface area contributed by atoms with Gasteiger partial charge in [0.2, 0.25) is 11.8 Å². The Balaban J connectivity index is 0.000000114. The maximum Gasteiger partial charge on any atom is 0.249 e. The van der Waals surface area contributed by atoms with E-state index >= 15 is 0 Å². The van der Waals surface area contributed by atoms with Gasteiger partial charge in [-0.15, -0.1) is 0 Å². The minimum atomic E-state index is -0.234. The van der Waals surface area contributed by atoms with Gasteiger partial charge in [-0.25, -0.2) is 13.2 Å². The lowest BCUT2D eigenvalue weighted by Crippen LogP contribution is -2.42. The van der Waals surface area contributed by atoms with Crippen LogP contribution in [0.5, 0.6) is 0 Å². The molecule has 0 bridgehead atoms. The molecule has 10 aromatic carbocycles. The highest BCUT2D eigenvalue weighted by Crippen LogP contribution is 2.44. The van der Waals surface area contributed by atoms with Crippen LogP contribution >= 0.6 is 82.6 Å². The van der Waals surface area contributed by atoms with Crippen LogP contribution in [-0.4, -0.2) is 133 Å². The highest BCUT2D eigenvalue weighted by molar-refractivity contribution is 9.11. The third kappa shape index (κ3) is 19.0. The van der Waals surface area contributed by atoms with E-state index in [2.05, 4.69) is 187 Å². The fourth-order valence-electron chi connectivity index (χ4n) is 17.5. The quantitative estimate of drug-likeness (QED) is 0.0461. The lowest BCUT2D eigenvalue weighted by Gasteiger charge is -2.36. The van der Waals surface area contributed by atoms with E-state index in [4.69, 9.17) is 53.8 Å². The molecule has 15 aromatic rings. The van der Waals surface area contributed by atoms with Crippen molar-refractivity contribution in [1.82, 2.24) is 50.7 Å². The number of nitrogens with one attached hydrogen (secondary N) is 8. The fraction of sp³-hybridized carbons (Fsp3) is 0.258. The molecule has 8 N–H and O–H groups in total. The number of ether oxygens (including phenoxy) is 4. The van der Waals surface area contributed by atoms with Crippen molar-refractivity contribution in [3.8, 4) is 0 Å². The van der Waals surface area contributed by atoms with Crippen LogP contribution in [0.2, 0.25) is 15.1 Å². The number of aryl methyl sites for hydroxylation is 2. The molecule has 25 heteroatoms. The summed E-state index contributed by atoms with van der Waals surface area (Å²) in [7, 11) is 3.24. The van der Waals surface area contributed by atoms with Gasteiger partial charge in [0, 0.05) is 158 Å². The first-order chi connectivity index (χ1) is 59.2. The molecule has 5 aromatic heterocycles. The Kier molecular flexibility index (Phi) is 27.4. The second-order valence-corrected chi connectivity index (χ2v) is 35.1. The highest BCUT2D eigenvalue weighted by atomic mass is 79.9. The normalized spacial score (nSPS) is 17.1. The first-order valence-electron chi connectivity index (χ1n) is 40.8. The molecule has 2 amide bonds. The molecule has 0 spiro atoms. The van der Waals surface area contributed by atoms with Gasteiger partial charge in [0.25, 0.3) is 0 Å². The van der Waals surface area contributed by atoms with Crippen molar-refractivity contribution in [1.29, 1.82) is 0 Å². The molecule has 5 aliphatic heterocycles. The molecule has 5 aliphatic rings. The molecule has 122 heavy (non-hydrogen) atoms. The third-order valence-corrected chi connectivity index (χ3v) is 25.6. The molecular weight excluding hydrogens is 1800 g/mol. The lowest BCUT2D eigenvalue weighted by molar-refractivity contribution is -0.139. The standard InChI is InChI=1S/C23H25BrN2O3.C22H22BrClN2O3.C18H17FN2.C17H14BrFN2.C17H13Cl2FN2/c1-15-3-5-16(6-4-15)23-22-18(19-13-17(24)7-8-20(19)25-22)9-10-26(23)21(27)14-29-12-11-28-2;1-28-9-10-29-13-20(27)26-8-7-17-18-12-15(23)5-6-19(18)25-21(17)22(26)14-3-2-4-16(24)11-14;1-11-2-4-12(5-3-11)17-18-14(8-9-20-17)15-10-13(19)6-7-16(15)21-18;18-11-3-1-10(2-4-11)16-17-13(7-8-20-16)14-9-12(19)5-6-15(14)21-17;18-9-1-3-12(14(19)7-9)16-17-11(5-6-21-16)13-8-10(20)2-4-15(13)22-17/h3-8,13,23,25H,9-12,14H2,1-2H3;2-6,11-12,22,25H,7-10,13H2,1H3;2-7,10,17,20-21H,8-9H2,1H3;1-6,9,16,20-21H,7-8H2;1-4,7-8,16,21-22H,5-6H2. The van der Waals surface area contributed by atoms with Crippen LogP contribution in [0.15, 0.2) is 220 Å². The lowest BCUT2D eigenvalue weighted by atomic mass is 9.92. The van der Waals surface area contributed by atoms with Gasteiger partial charge in [-0.2, -0.15) is 0 Å². The summed E-state index contributed by atoms with van der Waals surface area (Å²) in [4.78, 5) is 47.4. The maximum absolute atomic E-state index is 13.5. The molecule has 5 unspecified atom stereocenters. The summed E-state index contributed by atoms with van der Waals surface area (Å²) in [5.74, 6) is -0.611. The van der Waals surface area contributed by atoms with Crippen LogP contribution < -0.4 is 16.0 Å². The molecule has 628 valence electrons. The van der Waals surface area contributed by atoms with Crippen LogP contribution in [0, 0.1) is 31.3 Å². The minimum absolute atomic E-state index is 0.00263. The molecular formula is C97H91Br3Cl3F3N10O6. The van der Waals surface area contributed by atoms with E-state index in [9.17, 15) is 22.8 Å². The number of hydrogen-bond acceptors (Lipinski definition) is 9. The average Bonchev–Trinajstić information content (AvgIpc) is 1.63. The number of amides is 2. The van der Waals surface area contributed by atoms with E-state index < -0.39 is 0 Å². The maximum atomic E-state index is 13.5. The topological polar surface area (TPSA) is 193 Å². The molecule has 0 radical (unpaired) electrons. The molecule has 5 atom stereocenters. The number of carbonyl (C=O) groups excluding carboxylic acids is 2. The number of aromatic nitrogens is 5. The van der Waals surface area contributed by atoms with Crippen molar-refractivity contribution < 1.29 is 41.7 Å². The zero-order valence-electron chi connectivity index (χ0n) is 67.6. The van der Waals surface area contributed by atoms with Crippen molar-refractivity contribution in [2.45, 2.75) is 76.2 Å². The summed E-state index contributed by atoms with van der Waals surface area (Å²) in [6, 6.07) is 65.7. The van der Waals surface area contributed by atoms with Gasteiger partial charge in [-0.1, -0.05) is 173 Å². The van der Waals surface area contributed by atoms with Gasteiger partial charge in [0.15, 0.2) is 0 Å². The molecule has 0 saturated heterocycles. The smallest absolute Gasteiger partial charge is 0.249 e. The number of benzene rings is 10. The van der Waals surface area contributed by atoms with E-state index in [1.165, 1.54) is 79.2 Å². The Labute approximate surface area is 745 Å². The van der Waals surface area contributed by atoms with Crippen molar-refractivity contribution in [3.05, 3.63) is 347 Å². The van der Waals surface area contributed by atoms with E-state index in [0.29, 0.717) is 54.6 Å². The van der Waals surface area contributed by atoms with E-state index in [0.717, 1.165) is 154 Å². The van der Waals surface area contributed by atoms with Crippen LogP contribution in [0.25, 0.3) is 54.5 Å². The summed E-state index contributed by atoms with van der Waals surface area (Å²) < 4.78 is 64.8. The molecule has 20 rings (SSSR count). The SMILES string of the molecule is COCCOCC(=O)N1CCc2c([nH]c3ccc(Br)cc23)C1c1ccc(C)cc1.COCCOCC(=O)N1CCc2c([nH]c3ccc(Br)cc23)C1c1cccc(Cl)c1.Cc1ccc(C2NCCc3c2[nH]c2ccc(F)cc32)cc1.Fc1ccc2[nH]c3c(c2c1)CCNC3c1ccc(Br)cc1.Fc1ccc2[nH]c3c(c2c1)CCNC3c1ccc(Cl)cc1Cl. The number of carbonyl (C=O) groups is 2. The van der Waals surface area contributed by atoms with E-state index in [-0.39, 0.29) is 72.7 Å². The zero-order valence-corrected chi connectivity index (χ0v) is 74.6. The van der Waals surface area contributed by atoms with Gasteiger partial charge in [0.1, 0.15) is 30.7 Å². The fourth-order valence-corrected chi connectivity index (χ4v) is 19.2. The summed E-state index contributed by atoms with van der Waals surface area (Å²) in [5, 5.41) is 17.9. The summed E-state index contributed by atoms with van der Waals surface area (Å²) in [6.45, 7) is 9.93. The monoisotopic (exact) mass is 1890 g/mol. The highest BCUT2D eigenvalue weighted by Gasteiger charge is 2.38. The number of H-pyrrole nitrogens is 5. The number of nitrogens with zero attached hydrogens (tertiary/aromatic N) is 2. The van der Waals surface area contributed by atoms with Crippen molar-refractivity contribution in [2.75, 3.05) is 86.6 Å². The Morgan fingerprint density at radius 1 is 0.385 bits per heavy atom. The molecule has 0 saturated carbocycles. The Morgan fingerprint density at radius 3 is 1.19 bits per heavy atom. The predicted octanol–water partition coefficient (Wildman–Crippen LogP) is 22.1. The number of hydrogen-bond donors (Lipinski definition) is 8. The summed E-state index contributed by atoms with van der Waals surface area (Å²) >= 11 is 29.2. The second kappa shape index (κ2) is 38.8. The van der Waals surface area contributed by atoms with Gasteiger partial charge in [-0.05, 0) is 229 Å². The number of fused-ring (bicyclic) bond motifs is 15. The van der Waals surface area contributed by atoms with Crippen LogP contribution in [0.1, 0.15) is 125 Å². The minimum Gasteiger partial charge on any atom is -0.382 e. The first kappa shape index (κ1) is 86.2. The van der Waals surface area contributed by atoms with Gasteiger partial charge >= 0.3 is 0 Å². The molecule has 10 heterocycles. The largest absolute Gasteiger partial charge is 0.382 e. The van der Waals surface area contributed by atoms with Crippen LogP contribution in [-0.2, 0) is 60.6 Å². The van der Waals surface area contributed by atoms with Crippen LogP contribution in [0.3, 0.4) is 0 Å². The van der Waals surface area contributed by atoms with Crippen LogP contribution in [0.4, 0.5) is 13.2 Å². The summed E-state index contributed by atoms with van der Waals surface area (Å²) in [5.41, 5.74) is 24.8. The van der Waals surface area contributed by atoms with Gasteiger partial charge in [0.05, 0.1) is 56.6 Å². The van der Waals surface area contributed by atoms with Gasteiger partial charge < -0.3 is 69.6 Å². The molecule has 0 fully saturated rings. The molecule has 0 aliphatic carbocycles. The van der Waals surface area contributed by atoms with Crippen molar-refractivity contribution in [3.63, 3.8) is 0 Å². The Hall–Kier alpha value is -9.34. The first-order valence-corrected chi connectivity index (χ1v) is 44.3. The number of rotatable bonds is 15. The zero-order chi connectivity index (χ0) is 84.8. The average molecular weight is 1900 g/mol. The van der Waals surface area contributed by atoms with Gasteiger partial charge in [-0.3, -0.25) is 9.59 Å². The van der Waals surface area contributed by atoms with E-state index in [1.54, 1.807) is 44.6 Å². The second-order valence-electron chi connectivity index (χ2n) is 31.1. The summed E-state index contributed by atoms with van der Waals surface area (Å²) in [6.07, 6.45) is 4.32. The predicted molar refractivity (Wildman–Crippen MR) is 492 cm³/mol. The third-order valence-electron chi connectivity index (χ3n) is 23.3. The number of aromatic amines is 5.